The quantitative estimate of drug-likeness (QED) is 0.830. The maximum absolute atomic E-state index is 5.49. The number of nitrogens with one attached hydrogen (secondary N) is 1. The maximum atomic E-state index is 5.49. The molecule has 0 spiro atoms. The monoisotopic (exact) mass is 271 g/mol. The first-order chi connectivity index (χ1) is 9.81. The Bertz CT molecular complexity index is 523. The molecular weight excluding hydrogens is 250 g/mol. The van der Waals surface area contributed by atoms with Gasteiger partial charge in [-0.2, -0.15) is 0 Å². The van der Waals surface area contributed by atoms with Crippen molar-refractivity contribution in [3.8, 4) is 5.75 Å². The zero-order chi connectivity index (χ0) is 14.2. The summed E-state index contributed by atoms with van der Waals surface area (Å²) in [7, 11) is 1.71. The molecule has 0 aromatic heterocycles. The standard InChI is InChI=1S/C17H21NO2/c1-3-20-17-6-4-5-16(11-17)18-12-14-7-9-15(10-8-14)13-19-2/h4-11,18H,3,12-13H2,1-2H3. The van der Waals surface area contributed by atoms with Crippen molar-refractivity contribution in [3.05, 3.63) is 59.7 Å². The lowest BCUT2D eigenvalue weighted by Crippen LogP contribution is -2.00. The van der Waals surface area contributed by atoms with E-state index >= 15 is 0 Å². The number of hydrogen-bond donors (Lipinski definition) is 1. The molecule has 20 heavy (non-hydrogen) atoms. The van der Waals surface area contributed by atoms with E-state index in [-0.39, 0.29) is 0 Å². The second-order valence-electron chi connectivity index (χ2n) is 4.56. The summed E-state index contributed by atoms with van der Waals surface area (Å²) in [6, 6.07) is 16.4. The van der Waals surface area contributed by atoms with Crippen LogP contribution >= 0.6 is 0 Å². The summed E-state index contributed by atoms with van der Waals surface area (Å²) < 4.78 is 10.6. The van der Waals surface area contributed by atoms with E-state index in [1.165, 1.54) is 11.1 Å². The lowest BCUT2D eigenvalue weighted by molar-refractivity contribution is 0.185. The van der Waals surface area contributed by atoms with Gasteiger partial charge in [0, 0.05) is 25.4 Å². The van der Waals surface area contributed by atoms with Crippen molar-refractivity contribution in [3.63, 3.8) is 0 Å². The van der Waals surface area contributed by atoms with E-state index in [4.69, 9.17) is 9.47 Å². The van der Waals surface area contributed by atoms with Gasteiger partial charge in [0.25, 0.3) is 0 Å². The lowest BCUT2D eigenvalue weighted by atomic mass is 10.1. The predicted octanol–water partition coefficient (Wildman–Crippen LogP) is 3.84. The molecule has 0 saturated heterocycles. The van der Waals surface area contributed by atoms with Crippen molar-refractivity contribution in [2.24, 2.45) is 0 Å². The van der Waals surface area contributed by atoms with Crippen LogP contribution in [0.25, 0.3) is 0 Å². The van der Waals surface area contributed by atoms with E-state index in [0.29, 0.717) is 13.2 Å². The average Bonchev–Trinajstić information content (AvgIpc) is 2.48. The van der Waals surface area contributed by atoms with Gasteiger partial charge in [0.05, 0.1) is 13.2 Å². The SMILES string of the molecule is CCOc1cccc(NCc2ccc(COC)cc2)c1. The van der Waals surface area contributed by atoms with Crippen LogP contribution in [0.2, 0.25) is 0 Å². The topological polar surface area (TPSA) is 30.5 Å². The van der Waals surface area contributed by atoms with Crippen LogP contribution in [0.5, 0.6) is 5.75 Å². The van der Waals surface area contributed by atoms with Crippen molar-refractivity contribution in [2.75, 3.05) is 19.0 Å². The van der Waals surface area contributed by atoms with Gasteiger partial charge in [-0.05, 0) is 30.2 Å². The fourth-order valence-corrected chi connectivity index (χ4v) is 1.99. The van der Waals surface area contributed by atoms with Gasteiger partial charge < -0.3 is 14.8 Å². The van der Waals surface area contributed by atoms with Crippen LogP contribution in [0.1, 0.15) is 18.1 Å². The molecule has 2 aromatic carbocycles. The Labute approximate surface area is 120 Å². The number of anilines is 1. The number of rotatable bonds is 7. The molecule has 0 atom stereocenters. The fraction of sp³-hybridized carbons (Fsp3) is 0.294. The Balaban J connectivity index is 1.92. The van der Waals surface area contributed by atoms with Crippen molar-refractivity contribution >= 4 is 5.69 Å². The minimum Gasteiger partial charge on any atom is -0.494 e. The number of ether oxygens (including phenoxy) is 2. The largest absolute Gasteiger partial charge is 0.494 e. The van der Waals surface area contributed by atoms with Gasteiger partial charge in [0.2, 0.25) is 0 Å². The van der Waals surface area contributed by atoms with Crippen LogP contribution in [0.15, 0.2) is 48.5 Å². The normalized spacial score (nSPS) is 10.3. The molecule has 1 N–H and O–H groups in total. The van der Waals surface area contributed by atoms with Crippen molar-refractivity contribution in [1.29, 1.82) is 0 Å². The second kappa shape index (κ2) is 7.56. The molecule has 2 aromatic rings. The molecule has 0 aliphatic rings. The molecule has 0 radical (unpaired) electrons. The first-order valence-corrected chi connectivity index (χ1v) is 6.85. The molecule has 0 unspecified atom stereocenters. The van der Waals surface area contributed by atoms with E-state index in [2.05, 4.69) is 29.6 Å². The van der Waals surface area contributed by atoms with Crippen LogP contribution in [-0.2, 0) is 17.9 Å². The van der Waals surface area contributed by atoms with E-state index in [0.717, 1.165) is 18.0 Å². The summed E-state index contributed by atoms with van der Waals surface area (Å²) in [5.41, 5.74) is 3.50. The van der Waals surface area contributed by atoms with Crippen molar-refractivity contribution < 1.29 is 9.47 Å². The number of methoxy groups -OCH3 is 1. The highest BCUT2D eigenvalue weighted by Gasteiger charge is 1.98. The van der Waals surface area contributed by atoms with Gasteiger partial charge in [0.15, 0.2) is 0 Å². The average molecular weight is 271 g/mol. The van der Waals surface area contributed by atoms with Crippen LogP contribution in [0.4, 0.5) is 5.69 Å². The minimum atomic E-state index is 0.657. The number of benzene rings is 2. The third-order valence-electron chi connectivity index (χ3n) is 2.98. The van der Waals surface area contributed by atoms with Crippen molar-refractivity contribution in [1.82, 2.24) is 0 Å². The predicted molar refractivity (Wildman–Crippen MR) is 82.1 cm³/mol. The highest BCUT2D eigenvalue weighted by molar-refractivity contribution is 5.48. The van der Waals surface area contributed by atoms with Crippen LogP contribution in [-0.4, -0.2) is 13.7 Å². The Kier molecular flexibility index (Phi) is 5.44. The summed E-state index contributed by atoms with van der Waals surface area (Å²) in [6.45, 7) is 4.12. The van der Waals surface area contributed by atoms with Gasteiger partial charge in [-0.3, -0.25) is 0 Å². The third-order valence-corrected chi connectivity index (χ3v) is 2.98. The minimum absolute atomic E-state index is 0.657. The van der Waals surface area contributed by atoms with Gasteiger partial charge in [-0.25, -0.2) is 0 Å². The molecule has 0 bridgehead atoms. The molecule has 0 saturated carbocycles. The maximum Gasteiger partial charge on any atom is 0.121 e. The summed E-state index contributed by atoms with van der Waals surface area (Å²) in [4.78, 5) is 0. The van der Waals surface area contributed by atoms with Gasteiger partial charge in [0.1, 0.15) is 5.75 Å². The Morgan fingerprint density at radius 1 is 1.00 bits per heavy atom. The fourth-order valence-electron chi connectivity index (χ4n) is 1.99. The molecule has 0 aliphatic carbocycles. The molecule has 0 fully saturated rings. The molecule has 106 valence electrons. The smallest absolute Gasteiger partial charge is 0.121 e. The molecule has 0 aliphatic heterocycles. The molecular formula is C17H21NO2. The van der Waals surface area contributed by atoms with E-state index < -0.39 is 0 Å². The second-order valence-corrected chi connectivity index (χ2v) is 4.56. The van der Waals surface area contributed by atoms with Crippen LogP contribution < -0.4 is 10.1 Å². The van der Waals surface area contributed by atoms with Gasteiger partial charge in [-0.15, -0.1) is 0 Å². The highest BCUT2D eigenvalue weighted by Crippen LogP contribution is 2.18. The molecule has 3 heteroatoms. The Morgan fingerprint density at radius 3 is 2.45 bits per heavy atom. The Morgan fingerprint density at radius 2 is 1.75 bits per heavy atom. The zero-order valence-corrected chi connectivity index (χ0v) is 12.1. The highest BCUT2D eigenvalue weighted by atomic mass is 16.5. The Hall–Kier alpha value is -2.00. The lowest BCUT2D eigenvalue weighted by Gasteiger charge is -2.09. The summed E-state index contributed by atoms with van der Waals surface area (Å²) >= 11 is 0. The van der Waals surface area contributed by atoms with E-state index in [9.17, 15) is 0 Å². The molecule has 0 amide bonds. The van der Waals surface area contributed by atoms with E-state index in [1.54, 1.807) is 7.11 Å². The van der Waals surface area contributed by atoms with Crippen molar-refractivity contribution in [2.45, 2.75) is 20.1 Å². The molecule has 2 rings (SSSR count). The van der Waals surface area contributed by atoms with Crippen LogP contribution in [0.3, 0.4) is 0 Å². The summed E-state index contributed by atoms with van der Waals surface area (Å²) in [5, 5.41) is 3.40. The van der Waals surface area contributed by atoms with Crippen LogP contribution in [0, 0.1) is 0 Å². The third kappa shape index (κ3) is 4.28. The first-order valence-electron chi connectivity index (χ1n) is 6.85. The summed E-state index contributed by atoms with van der Waals surface area (Å²) in [5.74, 6) is 0.896. The first kappa shape index (κ1) is 14.4. The summed E-state index contributed by atoms with van der Waals surface area (Å²) in [6.07, 6.45) is 0. The number of hydrogen-bond acceptors (Lipinski definition) is 3. The molecule has 3 nitrogen and oxygen atoms in total. The van der Waals surface area contributed by atoms with E-state index in [1.807, 2.05) is 31.2 Å². The zero-order valence-electron chi connectivity index (χ0n) is 12.1. The van der Waals surface area contributed by atoms with Gasteiger partial charge >= 0.3 is 0 Å². The van der Waals surface area contributed by atoms with Gasteiger partial charge in [-0.1, -0.05) is 30.3 Å². The molecule has 0 heterocycles.